The number of carbonyl (C=O) groups excluding carboxylic acids is 1. The van der Waals surface area contributed by atoms with Crippen LogP contribution in [0.3, 0.4) is 0 Å². The van der Waals surface area contributed by atoms with Crippen LogP contribution in [-0.2, 0) is 11.3 Å². The maximum Gasteiger partial charge on any atom is 0.269 e. The van der Waals surface area contributed by atoms with E-state index in [0.717, 1.165) is 11.0 Å². The Hall–Kier alpha value is -3.48. The molecule has 7 heteroatoms. The molecule has 4 rings (SSSR count). The first-order valence-electron chi connectivity index (χ1n) is 7.39. The molecule has 0 unspecified atom stereocenters. The van der Waals surface area contributed by atoms with Crippen LogP contribution in [0.2, 0.25) is 0 Å². The molecule has 4 aromatic rings. The smallest absolute Gasteiger partial charge is 0.269 e. The third-order valence-corrected chi connectivity index (χ3v) is 3.75. The molecule has 7 nitrogen and oxygen atoms in total. The number of para-hydroxylation sites is 4. The molecule has 1 N–H and O–H groups in total. The highest BCUT2D eigenvalue weighted by Crippen LogP contribution is 2.11. The number of rotatable bonds is 3. The topological polar surface area (TPSA) is 81.8 Å². The van der Waals surface area contributed by atoms with Crippen molar-refractivity contribution >= 4 is 28.0 Å². The first-order chi connectivity index (χ1) is 11.7. The van der Waals surface area contributed by atoms with Gasteiger partial charge in [-0.15, -0.1) is 0 Å². The summed E-state index contributed by atoms with van der Waals surface area (Å²) in [7, 11) is 0. The third-order valence-electron chi connectivity index (χ3n) is 3.75. The van der Waals surface area contributed by atoms with Crippen LogP contribution in [0.25, 0.3) is 22.1 Å². The maximum atomic E-state index is 12.4. The van der Waals surface area contributed by atoms with E-state index in [1.54, 1.807) is 22.9 Å². The van der Waals surface area contributed by atoms with E-state index in [1.165, 1.54) is 17.1 Å². The van der Waals surface area contributed by atoms with Crippen molar-refractivity contribution in [3.05, 3.63) is 71.4 Å². The van der Waals surface area contributed by atoms with Crippen molar-refractivity contribution in [3.63, 3.8) is 0 Å². The molecular weight excluding hydrogens is 306 g/mol. The van der Waals surface area contributed by atoms with Gasteiger partial charge in [0.1, 0.15) is 12.9 Å². The number of carbonyl (C=O) groups is 1. The highest BCUT2D eigenvalue weighted by molar-refractivity contribution is 5.87. The van der Waals surface area contributed by atoms with Crippen LogP contribution in [0.4, 0.5) is 0 Å². The lowest BCUT2D eigenvalue weighted by Crippen LogP contribution is -2.31. The summed E-state index contributed by atoms with van der Waals surface area (Å²) in [5.74, 6) is -0.323. The lowest BCUT2D eigenvalue weighted by Gasteiger charge is -2.10. The number of benzene rings is 2. The zero-order valence-corrected chi connectivity index (χ0v) is 12.6. The summed E-state index contributed by atoms with van der Waals surface area (Å²) in [6.45, 7) is -0.103. The number of imidazole rings is 1. The SMILES string of the molecule is O=C(Cn1c(=O)cnc2ccccc21)Nn1cnc2ccccc21. The summed E-state index contributed by atoms with van der Waals surface area (Å²) in [5.41, 5.74) is 5.28. The van der Waals surface area contributed by atoms with Crippen LogP contribution in [0.5, 0.6) is 0 Å². The molecule has 0 radical (unpaired) electrons. The average Bonchev–Trinajstić information content (AvgIpc) is 3.01. The molecule has 0 fully saturated rings. The summed E-state index contributed by atoms with van der Waals surface area (Å²) in [4.78, 5) is 32.8. The molecule has 118 valence electrons. The van der Waals surface area contributed by atoms with E-state index in [9.17, 15) is 9.59 Å². The molecule has 2 aromatic heterocycles. The molecular formula is C17H13N5O2. The standard InChI is InChI=1S/C17H13N5O2/c23-16(20-22-11-19-13-6-2-4-8-15(13)22)10-21-14-7-3-1-5-12(14)18-9-17(21)24/h1-9,11H,10H2,(H,20,23). The maximum absolute atomic E-state index is 12.4. The Labute approximate surface area is 136 Å². The molecule has 0 atom stereocenters. The number of fused-ring (bicyclic) bond motifs is 2. The molecule has 0 saturated carbocycles. The van der Waals surface area contributed by atoms with Gasteiger partial charge in [0, 0.05) is 0 Å². The van der Waals surface area contributed by atoms with Crippen molar-refractivity contribution in [2.45, 2.75) is 6.54 Å². The van der Waals surface area contributed by atoms with Gasteiger partial charge in [-0.25, -0.2) is 14.6 Å². The lowest BCUT2D eigenvalue weighted by atomic mass is 10.3. The van der Waals surface area contributed by atoms with Crippen molar-refractivity contribution in [2.75, 3.05) is 5.43 Å². The molecule has 2 heterocycles. The zero-order valence-electron chi connectivity index (χ0n) is 12.6. The zero-order chi connectivity index (χ0) is 16.5. The fourth-order valence-corrected chi connectivity index (χ4v) is 2.64. The summed E-state index contributed by atoms with van der Waals surface area (Å²) in [6.07, 6.45) is 2.76. The predicted molar refractivity (Wildman–Crippen MR) is 90.1 cm³/mol. The van der Waals surface area contributed by atoms with E-state index in [-0.39, 0.29) is 18.0 Å². The molecule has 2 aromatic carbocycles. The summed E-state index contributed by atoms with van der Waals surface area (Å²) >= 11 is 0. The molecule has 24 heavy (non-hydrogen) atoms. The molecule has 0 saturated heterocycles. The normalized spacial score (nSPS) is 11.0. The number of hydrogen-bond donors (Lipinski definition) is 1. The van der Waals surface area contributed by atoms with Crippen molar-refractivity contribution in [2.24, 2.45) is 0 Å². The van der Waals surface area contributed by atoms with Gasteiger partial charge in [0.15, 0.2) is 0 Å². The third kappa shape index (κ3) is 2.41. The van der Waals surface area contributed by atoms with Gasteiger partial charge in [-0.3, -0.25) is 19.6 Å². The second kappa shape index (κ2) is 5.62. The van der Waals surface area contributed by atoms with Gasteiger partial charge in [-0.1, -0.05) is 24.3 Å². The van der Waals surface area contributed by atoms with E-state index in [4.69, 9.17) is 0 Å². The Balaban J connectivity index is 1.65. The largest absolute Gasteiger partial charge is 0.296 e. The molecule has 0 aliphatic rings. The van der Waals surface area contributed by atoms with Crippen LogP contribution in [0.1, 0.15) is 0 Å². The summed E-state index contributed by atoms with van der Waals surface area (Å²) in [6, 6.07) is 14.7. The monoisotopic (exact) mass is 319 g/mol. The number of hydrogen-bond acceptors (Lipinski definition) is 4. The van der Waals surface area contributed by atoms with Gasteiger partial charge in [0.2, 0.25) is 0 Å². The summed E-state index contributed by atoms with van der Waals surface area (Å²) < 4.78 is 2.95. The minimum Gasteiger partial charge on any atom is -0.296 e. The molecule has 0 bridgehead atoms. The van der Waals surface area contributed by atoms with Gasteiger partial charge in [-0.05, 0) is 24.3 Å². The van der Waals surface area contributed by atoms with E-state index in [1.807, 2.05) is 30.3 Å². The van der Waals surface area contributed by atoms with Gasteiger partial charge >= 0.3 is 0 Å². The first-order valence-corrected chi connectivity index (χ1v) is 7.39. The second-order valence-corrected chi connectivity index (χ2v) is 5.31. The van der Waals surface area contributed by atoms with Crippen LogP contribution in [-0.4, -0.2) is 25.1 Å². The van der Waals surface area contributed by atoms with Crippen molar-refractivity contribution < 1.29 is 4.79 Å². The van der Waals surface area contributed by atoms with Gasteiger partial charge in [0.25, 0.3) is 11.5 Å². The van der Waals surface area contributed by atoms with Crippen molar-refractivity contribution in [3.8, 4) is 0 Å². The van der Waals surface area contributed by atoms with Crippen LogP contribution < -0.4 is 11.0 Å². The number of nitrogens with zero attached hydrogens (tertiary/aromatic N) is 4. The Bertz CT molecular complexity index is 1110. The molecule has 0 aliphatic heterocycles. The predicted octanol–water partition coefficient (Wildman–Crippen LogP) is 1.52. The Morgan fingerprint density at radius 1 is 0.958 bits per heavy atom. The number of aromatic nitrogens is 4. The Kier molecular flexibility index (Phi) is 3.31. The van der Waals surface area contributed by atoms with Crippen molar-refractivity contribution in [1.82, 2.24) is 19.2 Å². The quantitative estimate of drug-likeness (QED) is 0.621. The number of nitrogens with one attached hydrogen (secondary N) is 1. The Morgan fingerprint density at radius 2 is 1.62 bits per heavy atom. The van der Waals surface area contributed by atoms with Gasteiger partial charge in [-0.2, -0.15) is 0 Å². The van der Waals surface area contributed by atoms with E-state index < -0.39 is 0 Å². The molecule has 0 aliphatic carbocycles. The summed E-state index contributed by atoms with van der Waals surface area (Å²) in [5, 5.41) is 0. The minimum atomic E-state index is -0.323. The highest BCUT2D eigenvalue weighted by atomic mass is 16.2. The van der Waals surface area contributed by atoms with Crippen LogP contribution >= 0.6 is 0 Å². The first kappa shape index (κ1) is 14.1. The lowest BCUT2D eigenvalue weighted by molar-refractivity contribution is -0.117. The molecule has 0 spiro atoms. The van der Waals surface area contributed by atoms with Gasteiger partial charge < -0.3 is 0 Å². The van der Waals surface area contributed by atoms with Gasteiger partial charge in [0.05, 0.1) is 28.3 Å². The average molecular weight is 319 g/mol. The molecule has 1 amide bonds. The highest BCUT2D eigenvalue weighted by Gasteiger charge is 2.10. The van der Waals surface area contributed by atoms with Crippen molar-refractivity contribution in [1.29, 1.82) is 0 Å². The van der Waals surface area contributed by atoms with Crippen LogP contribution in [0, 0.1) is 0 Å². The fourth-order valence-electron chi connectivity index (χ4n) is 2.64. The van der Waals surface area contributed by atoms with E-state index >= 15 is 0 Å². The number of amides is 1. The minimum absolute atomic E-state index is 0.103. The van der Waals surface area contributed by atoms with E-state index in [2.05, 4.69) is 15.4 Å². The van der Waals surface area contributed by atoms with Crippen LogP contribution in [0.15, 0.2) is 65.8 Å². The Morgan fingerprint density at radius 3 is 2.42 bits per heavy atom. The van der Waals surface area contributed by atoms with E-state index in [0.29, 0.717) is 11.0 Å². The fraction of sp³-hybridized carbons (Fsp3) is 0.0588. The second-order valence-electron chi connectivity index (χ2n) is 5.31.